The summed E-state index contributed by atoms with van der Waals surface area (Å²) in [6.07, 6.45) is -0.128. The Bertz CT molecular complexity index is 1570. The van der Waals surface area contributed by atoms with E-state index in [-0.39, 0.29) is 10.8 Å². The Balaban J connectivity index is 1.31. The highest BCUT2D eigenvalue weighted by molar-refractivity contribution is 6.00. The van der Waals surface area contributed by atoms with Crippen LogP contribution in [0.4, 0.5) is 45.3 Å². The summed E-state index contributed by atoms with van der Waals surface area (Å²) in [7, 11) is 0. The molecule has 0 saturated carbocycles. The van der Waals surface area contributed by atoms with Gasteiger partial charge in [-0.05, 0) is 54.6 Å². The highest BCUT2D eigenvalue weighted by Crippen LogP contribution is 2.33. The van der Waals surface area contributed by atoms with E-state index in [1.807, 2.05) is 6.07 Å². The monoisotopic (exact) mass is 508 g/mol. The Kier molecular flexibility index (Phi) is 6.09. The first-order chi connectivity index (χ1) is 17.8. The van der Waals surface area contributed by atoms with Crippen LogP contribution in [0.5, 0.6) is 0 Å². The van der Waals surface area contributed by atoms with Crippen molar-refractivity contribution < 1.29 is 22.4 Å². The number of rotatable bonds is 5. The van der Waals surface area contributed by atoms with Gasteiger partial charge < -0.3 is 15.6 Å². The van der Waals surface area contributed by atoms with Crippen molar-refractivity contribution in [3.8, 4) is 11.3 Å². The fourth-order valence-corrected chi connectivity index (χ4v) is 3.53. The number of benzene rings is 2. The number of imidazole rings is 1. The molecular weight excluding hydrogens is 492 g/mol. The first kappa shape index (κ1) is 23.7. The van der Waals surface area contributed by atoms with Crippen molar-refractivity contribution in [2.24, 2.45) is 0 Å². The molecule has 0 unspecified atom stereocenters. The van der Waals surface area contributed by atoms with Gasteiger partial charge in [-0.15, -0.1) is 5.12 Å². The SMILES string of the molecule is O=C(Nc1ccc(Nc2ncccc2-c2ncnc3[nH]cnc23)cc1)N(F)c1cccc(C(F)(F)F)c1. The highest BCUT2D eigenvalue weighted by atomic mass is 19.4. The van der Waals surface area contributed by atoms with Crippen molar-refractivity contribution in [3.05, 3.63) is 85.1 Å². The van der Waals surface area contributed by atoms with E-state index in [2.05, 4.69) is 35.6 Å². The lowest BCUT2D eigenvalue weighted by molar-refractivity contribution is -0.137. The molecule has 0 bridgehead atoms. The minimum Gasteiger partial charge on any atom is -0.340 e. The summed E-state index contributed by atoms with van der Waals surface area (Å²) in [5.41, 5.74) is 1.60. The molecule has 2 aromatic carbocycles. The Morgan fingerprint density at radius 1 is 0.919 bits per heavy atom. The first-order valence-corrected chi connectivity index (χ1v) is 10.7. The summed E-state index contributed by atoms with van der Waals surface area (Å²) < 4.78 is 53.1. The third-order valence-electron chi connectivity index (χ3n) is 5.26. The highest BCUT2D eigenvalue weighted by Gasteiger charge is 2.31. The summed E-state index contributed by atoms with van der Waals surface area (Å²) in [6.45, 7) is 0. The van der Waals surface area contributed by atoms with Crippen molar-refractivity contribution in [1.29, 1.82) is 0 Å². The number of hydrogen-bond acceptors (Lipinski definition) is 6. The number of nitrogens with one attached hydrogen (secondary N) is 3. The number of pyridine rings is 1. The van der Waals surface area contributed by atoms with Gasteiger partial charge in [0.2, 0.25) is 0 Å². The zero-order valence-electron chi connectivity index (χ0n) is 18.7. The molecule has 3 heterocycles. The standard InChI is InChI=1S/C24H16F4N8O/c25-24(26,27)14-3-1-4-17(11-14)36(28)23(37)35-16-8-6-15(7-9-16)34-21-18(5-2-10-29-21)19-20-22(32-12-30-19)33-13-31-20/h1-13H,(H,29,34)(H,35,37)(H,30,31,32,33). The molecule has 0 aliphatic heterocycles. The molecule has 3 N–H and O–H groups in total. The second-order valence-corrected chi connectivity index (χ2v) is 7.68. The van der Waals surface area contributed by atoms with Crippen molar-refractivity contribution in [2.75, 3.05) is 15.8 Å². The average Bonchev–Trinajstić information content (AvgIpc) is 3.39. The Hall–Kier alpha value is -5.07. The summed E-state index contributed by atoms with van der Waals surface area (Å²) >= 11 is 0. The van der Waals surface area contributed by atoms with E-state index in [4.69, 9.17) is 0 Å². The van der Waals surface area contributed by atoms with Crippen LogP contribution in [0.3, 0.4) is 0 Å². The third kappa shape index (κ3) is 5.00. The normalized spacial score (nSPS) is 11.4. The van der Waals surface area contributed by atoms with E-state index in [1.54, 1.807) is 24.4 Å². The quantitative estimate of drug-likeness (QED) is 0.195. The number of aromatic amines is 1. The summed E-state index contributed by atoms with van der Waals surface area (Å²) in [6, 6.07) is 12.0. The molecule has 5 rings (SSSR count). The third-order valence-corrected chi connectivity index (χ3v) is 5.26. The molecule has 0 aliphatic rings. The van der Waals surface area contributed by atoms with Crippen LogP contribution in [0.15, 0.2) is 79.5 Å². The van der Waals surface area contributed by atoms with Crippen molar-refractivity contribution in [3.63, 3.8) is 0 Å². The number of aromatic nitrogens is 5. The molecule has 0 radical (unpaired) electrons. The van der Waals surface area contributed by atoms with Gasteiger partial charge in [-0.25, -0.2) is 24.7 Å². The van der Waals surface area contributed by atoms with Crippen LogP contribution in [-0.2, 0) is 6.18 Å². The minimum absolute atomic E-state index is 0.223. The van der Waals surface area contributed by atoms with Crippen LogP contribution in [0, 0.1) is 0 Å². The van der Waals surface area contributed by atoms with Crippen molar-refractivity contribution in [2.45, 2.75) is 6.18 Å². The minimum atomic E-state index is -4.67. The molecule has 5 aromatic rings. The molecule has 0 spiro atoms. The molecule has 13 heteroatoms. The Morgan fingerprint density at radius 2 is 1.70 bits per heavy atom. The van der Waals surface area contributed by atoms with E-state index in [9.17, 15) is 22.4 Å². The average molecular weight is 508 g/mol. The number of amides is 2. The summed E-state index contributed by atoms with van der Waals surface area (Å²) in [5, 5.41) is 5.08. The number of hydrogen-bond donors (Lipinski definition) is 3. The van der Waals surface area contributed by atoms with Gasteiger partial charge in [-0.1, -0.05) is 10.5 Å². The molecule has 0 fully saturated rings. The smallest absolute Gasteiger partial charge is 0.340 e. The number of halogens is 4. The number of fused-ring (bicyclic) bond motifs is 1. The topological polar surface area (TPSA) is 112 Å². The zero-order chi connectivity index (χ0) is 26.0. The fraction of sp³-hybridized carbons (Fsp3) is 0.0417. The van der Waals surface area contributed by atoms with Crippen molar-refractivity contribution in [1.82, 2.24) is 24.9 Å². The molecule has 9 nitrogen and oxygen atoms in total. The van der Waals surface area contributed by atoms with Crippen LogP contribution in [-0.4, -0.2) is 31.0 Å². The molecule has 3 aromatic heterocycles. The maximum absolute atomic E-state index is 14.5. The van der Waals surface area contributed by atoms with E-state index in [0.29, 0.717) is 40.0 Å². The molecule has 0 saturated heterocycles. The fourth-order valence-electron chi connectivity index (χ4n) is 3.53. The Morgan fingerprint density at radius 3 is 2.49 bits per heavy atom. The van der Waals surface area contributed by atoms with Gasteiger partial charge in [0.25, 0.3) is 0 Å². The lowest BCUT2D eigenvalue weighted by Gasteiger charge is -2.15. The second-order valence-electron chi connectivity index (χ2n) is 7.68. The van der Waals surface area contributed by atoms with Gasteiger partial charge in [0.15, 0.2) is 5.65 Å². The number of nitrogens with zero attached hydrogens (tertiary/aromatic N) is 5. The predicted octanol–water partition coefficient (Wildman–Crippen LogP) is 6.10. The maximum atomic E-state index is 14.5. The van der Waals surface area contributed by atoms with Gasteiger partial charge in [0, 0.05) is 23.1 Å². The molecule has 0 aliphatic carbocycles. The second kappa shape index (κ2) is 9.53. The molecular formula is C24H16F4N8O. The number of urea groups is 1. The van der Waals surface area contributed by atoms with Gasteiger partial charge in [0.05, 0.1) is 17.6 Å². The zero-order valence-corrected chi connectivity index (χ0v) is 18.7. The van der Waals surface area contributed by atoms with Crippen molar-refractivity contribution >= 4 is 40.1 Å². The molecule has 2 amide bonds. The van der Waals surface area contributed by atoms with E-state index < -0.39 is 23.5 Å². The van der Waals surface area contributed by atoms with Gasteiger partial charge in [-0.3, -0.25) is 0 Å². The predicted molar refractivity (Wildman–Crippen MR) is 129 cm³/mol. The van der Waals surface area contributed by atoms with Gasteiger partial charge in [-0.2, -0.15) is 13.2 Å². The van der Waals surface area contributed by atoms with Crippen LogP contribution in [0.2, 0.25) is 0 Å². The number of alkyl halides is 3. The number of carbonyl (C=O) groups is 1. The maximum Gasteiger partial charge on any atom is 0.416 e. The first-order valence-electron chi connectivity index (χ1n) is 10.7. The molecule has 37 heavy (non-hydrogen) atoms. The summed E-state index contributed by atoms with van der Waals surface area (Å²) in [5.74, 6) is 0.488. The van der Waals surface area contributed by atoms with Crippen LogP contribution in [0.25, 0.3) is 22.4 Å². The van der Waals surface area contributed by atoms with E-state index >= 15 is 0 Å². The van der Waals surface area contributed by atoms with Gasteiger partial charge >= 0.3 is 12.2 Å². The number of anilines is 4. The Labute approximate surface area is 206 Å². The van der Waals surface area contributed by atoms with Gasteiger partial charge in [0.1, 0.15) is 23.4 Å². The largest absolute Gasteiger partial charge is 0.416 e. The lowest BCUT2D eigenvalue weighted by atomic mass is 10.1. The van der Waals surface area contributed by atoms with E-state index in [1.165, 1.54) is 24.8 Å². The molecule has 186 valence electrons. The lowest BCUT2D eigenvalue weighted by Crippen LogP contribution is -2.27. The summed E-state index contributed by atoms with van der Waals surface area (Å²) in [4.78, 5) is 32.3. The van der Waals surface area contributed by atoms with Crippen LogP contribution < -0.4 is 15.8 Å². The number of carbonyl (C=O) groups excluding carboxylic acids is 1. The van der Waals surface area contributed by atoms with E-state index in [0.717, 1.165) is 18.2 Å². The van der Waals surface area contributed by atoms with Crippen LogP contribution >= 0.6 is 0 Å². The molecule has 0 atom stereocenters. The van der Waals surface area contributed by atoms with Crippen LogP contribution in [0.1, 0.15) is 5.56 Å². The number of H-pyrrole nitrogens is 1.